The lowest BCUT2D eigenvalue weighted by atomic mass is 10.0. The maximum absolute atomic E-state index is 12.4. The van der Waals surface area contributed by atoms with Crippen LogP contribution in [-0.4, -0.2) is 26.8 Å². The van der Waals surface area contributed by atoms with Crippen molar-refractivity contribution in [2.45, 2.75) is 32.7 Å². The summed E-state index contributed by atoms with van der Waals surface area (Å²) >= 11 is 3.34. The van der Waals surface area contributed by atoms with Gasteiger partial charge in [0.2, 0.25) is 17.6 Å². The molecule has 1 unspecified atom stereocenters. The first-order chi connectivity index (χ1) is 13.9. The molecule has 1 N–H and O–H groups in total. The molecular formula is C21H21BrN4O3. The van der Waals surface area contributed by atoms with Crippen LogP contribution in [0.2, 0.25) is 0 Å². The van der Waals surface area contributed by atoms with E-state index < -0.39 is 6.04 Å². The van der Waals surface area contributed by atoms with Gasteiger partial charge in [0.15, 0.2) is 5.78 Å². The smallest absolute Gasteiger partial charge is 0.249 e. The van der Waals surface area contributed by atoms with Crippen molar-refractivity contribution < 1.29 is 14.1 Å². The van der Waals surface area contributed by atoms with E-state index in [0.717, 1.165) is 10.0 Å². The summed E-state index contributed by atoms with van der Waals surface area (Å²) in [6.07, 6.45) is 3.51. The molecule has 0 aliphatic carbocycles. The number of pyridine rings is 1. The number of rotatable bonds is 8. The van der Waals surface area contributed by atoms with Gasteiger partial charge in [-0.15, -0.1) is 0 Å². The summed E-state index contributed by atoms with van der Waals surface area (Å²) in [6.45, 7) is 3.91. The summed E-state index contributed by atoms with van der Waals surface area (Å²) in [4.78, 5) is 33.1. The Morgan fingerprint density at radius 3 is 2.41 bits per heavy atom. The van der Waals surface area contributed by atoms with Crippen molar-refractivity contribution in [3.8, 4) is 11.4 Å². The van der Waals surface area contributed by atoms with E-state index in [1.807, 2.05) is 13.8 Å². The van der Waals surface area contributed by atoms with Gasteiger partial charge in [0, 0.05) is 40.8 Å². The Hall–Kier alpha value is -2.87. The highest BCUT2D eigenvalue weighted by Crippen LogP contribution is 2.23. The summed E-state index contributed by atoms with van der Waals surface area (Å²) in [5.74, 6) is 0.489. The number of aromatic nitrogens is 3. The Morgan fingerprint density at radius 2 is 1.76 bits per heavy atom. The second-order valence-electron chi connectivity index (χ2n) is 6.91. The number of nitrogens with zero attached hydrogens (tertiary/aromatic N) is 3. The molecule has 0 aliphatic heterocycles. The first kappa shape index (κ1) is 20.9. The van der Waals surface area contributed by atoms with Crippen molar-refractivity contribution in [1.82, 2.24) is 20.4 Å². The highest BCUT2D eigenvalue weighted by molar-refractivity contribution is 9.10. The molecule has 2 aromatic heterocycles. The average molecular weight is 457 g/mol. The van der Waals surface area contributed by atoms with Crippen molar-refractivity contribution >= 4 is 27.6 Å². The van der Waals surface area contributed by atoms with Gasteiger partial charge in [0.1, 0.15) is 6.04 Å². The topological polar surface area (TPSA) is 98.0 Å². The summed E-state index contributed by atoms with van der Waals surface area (Å²) < 4.78 is 6.28. The average Bonchev–Trinajstić information content (AvgIpc) is 3.21. The first-order valence-electron chi connectivity index (χ1n) is 9.26. The molecule has 7 nitrogen and oxygen atoms in total. The van der Waals surface area contributed by atoms with Gasteiger partial charge in [-0.05, 0) is 30.2 Å². The van der Waals surface area contributed by atoms with E-state index in [2.05, 4.69) is 36.4 Å². The van der Waals surface area contributed by atoms with Gasteiger partial charge in [0.25, 0.3) is 0 Å². The lowest BCUT2D eigenvalue weighted by Crippen LogP contribution is -2.32. The maximum Gasteiger partial charge on any atom is 0.249 e. The molecule has 1 aromatic carbocycles. The second-order valence-corrected chi connectivity index (χ2v) is 7.83. The van der Waals surface area contributed by atoms with Crippen LogP contribution in [0.25, 0.3) is 11.4 Å². The van der Waals surface area contributed by atoms with Crippen molar-refractivity contribution in [1.29, 1.82) is 0 Å². The lowest BCUT2D eigenvalue weighted by Gasteiger charge is -2.18. The van der Waals surface area contributed by atoms with E-state index in [4.69, 9.17) is 4.52 Å². The van der Waals surface area contributed by atoms with Gasteiger partial charge >= 0.3 is 0 Å². The molecule has 0 fully saturated rings. The summed E-state index contributed by atoms with van der Waals surface area (Å²) in [7, 11) is 0. The third-order valence-corrected chi connectivity index (χ3v) is 4.90. The minimum absolute atomic E-state index is 0.0341. The van der Waals surface area contributed by atoms with Crippen LogP contribution in [0.5, 0.6) is 0 Å². The number of Topliss-reactive ketones (excluding diaryl/α,β-unsaturated/α-hetero) is 1. The van der Waals surface area contributed by atoms with Crippen molar-refractivity contribution in [3.63, 3.8) is 0 Å². The van der Waals surface area contributed by atoms with Crippen LogP contribution in [0.1, 0.15) is 49.0 Å². The molecule has 0 saturated carbocycles. The highest BCUT2D eigenvalue weighted by atomic mass is 79.9. The van der Waals surface area contributed by atoms with Gasteiger partial charge in [-0.25, -0.2) is 0 Å². The van der Waals surface area contributed by atoms with Crippen LogP contribution in [-0.2, 0) is 4.79 Å². The van der Waals surface area contributed by atoms with E-state index in [9.17, 15) is 9.59 Å². The van der Waals surface area contributed by atoms with E-state index in [1.165, 1.54) is 0 Å². The van der Waals surface area contributed by atoms with E-state index >= 15 is 0 Å². The fourth-order valence-corrected chi connectivity index (χ4v) is 3.01. The molecule has 0 radical (unpaired) electrons. The Morgan fingerprint density at radius 1 is 1.07 bits per heavy atom. The molecule has 29 heavy (non-hydrogen) atoms. The first-order valence-corrected chi connectivity index (χ1v) is 10.1. The van der Waals surface area contributed by atoms with Gasteiger partial charge in [-0.3, -0.25) is 14.6 Å². The van der Waals surface area contributed by atoms with Crippen molar-refractivity contribution in [2.75, 3.05) is 0 Å². The molecule has 1 amide bonds. The molecule has 150 valence electrons. The SMILES string of the molecule is CC(C)C(NC(=O)CCC(=O)c1ccc(Br)cc1)c1nc(-c2ccncc2)no1. The van der Waals surface area contributed by atoms with Crippen LogP contribution in [0.3, 0.4) is 0 Å². The maximum atomic E-state index is 12.4. The zero-order valence-electron chi connectivity index (χ0n) is 16.1. The number of amides is 1. The van der Waals surface area contributed by atoms with Gasteiger partial charge < -0.3 is 9.84 Å². The summed E-state index contributed by atoms with van der Waals surface area (Å²) in [6, 6.07) is 10.2. The predicted octanol–water partition coefficient (Wildman–Crippen LogP) is 4.37. The number of ketones is 1. The minimum atomic E-state index is -0.437. The largest absolute Gasteiger partial charge is 0.344 e. The number of carbonyl (C=O) groups is 2. The molecule has 0 spiro atoms. The lowest BCUT2D eigenvalue weighted by molar-refractivity contribution is -0.122. The molecule has 0 aliphatic rings. The molecule has 1 atom stereocenters. The number of hydrogen-bond donors (Lipinski definition) is 1. The fourth-order valence-electron chi connectivity index (χ4n) is 2.75. The second kappa shape index (κ2) is 9.56. The molecular weight excluding hydrogens is 436 g/mol. The minimum Gasteiger partial charge on any atom is -0.344 e. The van der Waals surface area contributed by atoms with E-state index in [0.29, 0.717) is 17.3 Å². The number of benzene rings is 1. The number of halogens is 1. The number of carbonyl (C=O) groups excluding carboxylic acids is 2. The van der Waals surface area contributed by atoms with E-state index in [1.54, 1.807) is 48.8 Å². The Kier molecular flexibility index (Phi) is 6.87. The van der Waals surface area contributed by atoms with E-state index in [-0.39, 0.29) is 30.4 Å². The normalized spacial score (nSPS) is 12.0. The Balaban J connectivity index is 1.61. The quantitative estimate of drug-likeness (QED) is 0.505. The Labute approximate surface area is 177 Å². The zero-order valence-corrected chi connectivity index (χ0v) is 17.7. The molecule has 3 aromatic rings. The molecule has 8 heteroatoms. The van der Waals surface area contributed by atoms with Crippen LogP contribution in [0.15, 0.2) is 57.8 Å². The molecule has 2 heterocycles. The molecule has 0 saturated heterocycles. The third kappa shape index (κ3) is 5.57. The highest BCUT2D eigenvalue weighted by Gasteiger charge is 2.25. The van der Waals surface area contributed by atoms with Crippen LogP contribution in [0.4, 0.5) is 0 Å². The summed E-state index contributed by atoms with van der Waals surface area (Å²) in [5.41, 5.74) is 1.37. The third-order valence-electron chi connectivity index (χ3n) is 4.37. The van der Waals surface area contributed by atoms with Gasteiger partial charge in [0.05, 0.1) is 0 Å². The predicted molar refractivity (Wildman–Crippen MR) is 111 cm³/mol. The van der Waals surface area contributed by atoms with Gasteiger partial charge in [-0.2, -0.15) is 4.98 Å². The number of hydrogen-bond acceptors (Lipinski definition) is 6. The summed E-state index contributed by atoms with van der Waals surface area (Å²) in [5, 5.41) is 6.90. The van der Waals surface area contributed by atoms with Crippen LogP contribution in [0, 0.1) is 5.92 Å². The Bertz CT molecular complexity index is 971. The number of nitrogens with one attached hydrogen (secondary N) is 1. The zero-order chi connectivity index (χ0) is 20.8. The van der Waals surface area contributed by atoms with Crippen LogP contribution >= 0.6 is 15.9 Å². The fraction of sp³-hybridized carbons (Fsp3) is 0.286. The molecule has 0 bridgehead atoms. The van der Waals surface area contributed by atoms with Crippen molar-refractivity contribution in [2.24, 2.45) is 5.92 Å². The molecule has 3 rings (SSSR count). The van der Waals surface area contributed by atoms with Gasteiger partial charge in [-0.1, -0.05) is 47.1 Å². The van der Waals surface area contributed by atoms with Crippen molar-refractivity contribution in [3.05, 3.63) is 64.7 Å². The monoisotopic (exact) mass is 456 g/mol. The van der Waals surface area contributed by atoms with Crippen LogP contribution < -0.4 is 5.32 Å². The standard InChI is InChI=1S/C21H21BrN4O3/c1-13(2)19(21-25-20(26-29-21)15-9-11-23-12-10-15)24-18(28)8-7-17(27)14-3-5-16(22)6-4-14/h3-6,9-13,19H,7-8H2,1-2H3,(H,24,28).